The summed E-state index contributed by atoms with van der Waals surface area (Å²) in [6.45, 7) is 2.11. The first kappa shape index (κ1) is 14.0. The van der Waals surface area contributed by atoms with Crippen LogP contribution in [0.2, 0.25) is 0 Å². The van der Waals surface area contributed by atoms with Gasteiger partial charge in [0.15, 0.2) is 5.78 Å². The number of benzene rings is 1. The number of ether oxygens (including phenoxy) is 1. The highest BCUT2D eigenvalue weighted by molar-refractivity contribution is 6.00. The molecule has 4 heteroatoms. The lowest BCUT2D eigenvalue weighted by atomic mass is 10.1. The first-order chi connectivity index (χ1) is 11.2. The zero-order valence-electron chi connectivity index (χ0n) is 13.0. The number of hydrogen-bond donors (Lipinski definition) is 0. The highest BCUT2D eigenvalue weighted by Crippen LogP contribution is 2.44. The Hall–Kier alpha value is -2.62. The van der Waals surface area contributed by atoms with Crippen molar-refractivity contribution in [3.05, 3.63) is 65.5 Å². The number of rotatable bonds is 5. The molecular formula is C19H18N2O2. The Morgan fingerprint density at radius 2 is 2.00 bits per heavy atom. The summed E-state index contributed by atoms with van der Waals surface area (Å²) in [7, 11) is 0. The van der Waals surface area contributed by atoms with E-state index in [4.69, 9.17) is 4.74 Å². The van der Waals surface area contributed by atoms with E-state index in [1.807, 2.05) is 34.8 Å². The van der Waals surface area contributed by atoms with Crippen LogP contribution in [-0.4, -0.2) is 15.4 Å². The molecule has 0 bridgehead atoms. The Kier molecular flexibility index (Phi) is 3.37. The minimum absolute atomic E-state index is 0.0414. The van der Waals surface area contributed by atoms with E-state index in [0.29, 0.717) is 18.1 Å². The highest BCUT2D eigenvalue weighted by atomic mass is 16.5. The summed E-state index contributed by atoms with van der Waals surface area (Å²) in [5.41, 5.74) is 3.76. The maximum Gasteiger partial charge on any atom is 0.163 e. The maximum atomic E-state index is 11.7. The van der Waals surface area contributed by atoms with Gasteiger partial charge in [-0.1, -0.05) is 30.3 Å². The van der Waals surface area contributed by atoms with Gasteiger partial charge in [0, 0.05) is 5.92 Å². The second kappa shape index (κ2) is 5.54. The van der Waals surface area contributed by atoms with Crippen LogP contribution >= 0.6 is 0 Å². The van der Waals surface area contributed by atoms with E-state index in [-0.39, 0.29) is 5.78 Å². The van der Waals surface area contributed by atoms with Crippen molar-refractivity contribution >= 4 is 11.3 Å². The van der Waals surface area contributed by atoms with Gasteiger partial charge in [-0.2, -0.15) is 5.10 Å². The molecule has 0 saturated heterocycles. The molecule has 2 heterocycles. The Labute approximate surface area is 134 Å². The quantitative estimate of drug-likeness (QED) is 0.669. The van der Waals surface area contributed by atoms with E-state index in [9.17, 15) is 4.79 Å². The number of carbonyl (C=O) groups is 1. The van der Waals surface area contributed by atoms with Gasteiger partial charge >= 0.3 is 0 Å². The topological polar surface area (TPSA) is 43.6 Å². The summed E-state index contributed by atoms with van der Waals surface area (Å²) >= 11 is 0. The molecule has 0 atom stereocenters. The molecule has 4 rings (SSSR count). The molecule has 1 aliphatic rings. The first-order valence-electron chi connectivity index (χ1n) is 7.92. The third-order valence-corrected chi connectivity index (χ3v) is 4.26. The van der Waals surface area contributed by atoms with E-state index >= 15 is 0 Å². The Morgan fingerprint density at radius 1 is 1.22 bits per heavy atom. The lowest BCUT2D eigenvalue weighted by Gasteiger charge is -2.13. The molecule has 0 unspecified atom stereocenters. The number of Topliss-reactive ketones (excluding diaryl/α,β-unsaturated/α-hetero) is 1. The van der Waals surface area contributed by atoms with Gasteiger partial charge in [0.05, 0.1) is 23.0 Å². The van der Waals surface area contributed by atoms with Gasteiger partial charge in [-0.15, -0.1) is 0 Å². The van der Waals surface area contributed by atoms with Crippen LogP contribution in [0.1, 0.15) is 47.3 Å². The van der Waals surface area contributed by atoms with Crippen molar-refractivity contribution in [2.45, 2.75) is 32.3 Å². The van der Waals surface area contributed by atoms with Crippen molar-refractivity contribution in [1.29, 1.82) is 0 Å². The average molecular weight is 306 g/mol. The fourth-order valence-corrected chi connectivity index (χ4v) is 2.91. The van der Waals surface area contributed by atoms with Crippen molar-refractivity contribution in [3.63, 3.8) is 0 Å². The number of aromatic nitrogens is 2. The van der Waals surface area contributed by atoms with Gasteiger partial charge in [0.2, 0.25) is 0 Å². The average Bonchev–Trinajstić information content (AvgIpc) is 3.31. The van der Waals surface area contributed by atoms with E-state index in [2.05, 4.69) is 17.2 Å². The number of carbonyl (C=O) groups excluding carboxylic acids is 1. The predicted molar refractivity (Wildman–Crippen MR) is 87.9 cm³/mol. The Bertz CT molecular complexity index is 864. The third kappa shape index (κ3) is 2.61. The van der Waals surface area contributed by atoms with Crippen LogP contribution in [0.5, 0.6) is 5.75 Å². The smallest absolute Gasteiger partial charge is 0.163 e. The lowest BCUT2D eigenvalue weighted by Crippen LogP contribution is -2.04. The molecule has 3 aromatic rings. The molecule has 1 saturated carbocycles. The molecular weight excluding hydrogens is 288 g/mol. The van der Waals surface area contributed by atoms with Crippen LogP contribution in [0.25, 0.3) is 5.52 Å². The molecule has 0 amide bonds. The maximum absolute atomic E-state index is 11.7. The molecule has 1 aromatic carbocycles. The van der Waals surface area contributed by atoms with Crippen molar-refractivity contribution in [2.24, 2.45) is 0 Å². The number of ketones is 1. The zero-order chi connectivity index (χ0) is 15.8. The molecule has 0 N–H and O–H groups in total. The lowest BCUT2D eigenvalue weighted by molar-refractivity contribution is 0.101. The van der Waals surface area contributed by atoms with E-state index < -0.39 is 0 Å². The van der Waals surface area contributed by atoms with Crippen LogP contribution < -0.4 is 4.74 Å². The normalized spacial score (nSPS) is 14.1. The SMILES string of the molecule is CC(=O)c1cnn2c(C3CC3)c(OCc3ccccc3)ccc12. The molecule has 0 radical (unpaired) electrons. The number of nitrogens with zero attached hydrogens (tertiary/aromatic N) is 2. The molecule has 116 valence electrons. The standard InChI is InChI=1S/C19H18N2O2/c1-13(22)16-11-20-21-17(16)9-10-18(19(21)15-7-8-15)23-12-14-5-3-2-4-6-14/h2-6,9-11,15H,7-8,12H2,1H3. The molecule has 2 aromatic heterocycles. The largest absolute Gasteiger partial charge is 0.487 e. The fraction of sp³-hybridized carbons (Fsp3) is 0.263. The summed E-state index contributed by atoms with van der Waals surface area (Å²) in [4.78, 5) is 11.7. The number of hydrogen-bond acceptors (Lipinski definition) is 3. The number of fused-ring (bicyclic) bond motifs is 1. The third-order valence-electron chi connectivity index (χ3n) is 4.26. The Balaban J connectivity index is 1.72. The second-order valence-corrected chi connectivity index (χ2v) is 6.04. The minimum atomic E-state index is 0.0414. The molecule has 4 nitrogen and oxygen atoms in total. The van der Waals surface area contributed by atoms with Crippen LogP contribution in [-0.2, 0) is 6.61 Å². The van der Waals surface area contributed by atoms with Gasteiger partial charge in [-0.25, -0.2) is 4.52 Å². The van der Waals surface area contributed by atoms with E-state index in [1.165, 1.54) is 0 Å². The van der Waals surface area contributed by atoms with E-state index in [0.717, 1.165) is 35.4 Å². The van der Waals surface area contributed by atoms with Crippen LogP contribution in [0.15, 0.2) is 48.7 Å². The van der Waals surface area contributed by atoms with Crippen molar-refractivity contribution in [2.75, 3.05) is 0 Å². The minimum Gasteiger partial charge on any atom is -0.487 e. The van der Waals surface area contributed by atoms with Gasteiger partial charge in [0.25, 0.3) is 0 Å². The van der Waals surface area contributed by atoms with Gasteiger partial charge < -0.3 is 4.74 Å². The van der Waals surface area contributed by atoms with Crippen LogP contribution in [0, 0.1) is 0 Å². The van der Waals surface area contributed by atoms with Crippen molar-refractivity contribution < 1.29 is 9.53 Å². The fourth-order valence-electron chi connectivity index (χ4n) is 2.91. The molecule has 0 spiro atoms. The van der Waals surface area contributed by atoms with Crippen molar-refractivity contribution in [1.82, 2.24) is 9.61 Å². The highest BCUT2D eigenvalue weighted by Gasteiger charge is 2.30. The number of pyridine rings is 1. The molecule has 0 aliphatic heterocycles. The second-order valence-electron chi connectivity index (χ2n) is 6.04. The summed E-state index contributed by atoms with van der Waals surface area (Å²) in [5, 5.41) is 4.43. The summed E-state index contributed by atoms with van der Waals surface area (Å²) in [6, 6.07) is 14.0. The Morgan fingerprint density at radius 3 is 2.70 bits per heavy atom. The summed E-state index contributed by atoms with van der Waals surface area (Å²) in [6.07, 6.45) is 3.96. The monoisotopic (exact) mass is 306 g/mol. The van der Waals surface area contributed by atoms with Crippen LogP contribution in [0.4, 0.5) is 0 Å². The summed E-state index contributed by atoms with van der Waals surface area (Å²) < 4.78 is 7.94. The van der Waals surface area contributed by atoms with Gasteiger partial charge in [-0.05, 0) is 37.5 Å². The van der Waals surface area contributed by atoms with Gasteiger partial charge in [-0.3, -0.25) is 4.79 Å². The van der Waals surface area contributed by atoms with Crippen molar-refractivity contribution in [3.8, 4) is 5.75 Å². The molecule has 1 aliphatic carbocycles. The van der Waals surface area contributed by atoms with Crippen LogP contribution in [0.3, 0.4) is 0 Å². The van der Waals surface area contributed by atoms with E-state index in [1.54, 1.807) is 13.1 Å². The molecule has 1 fully saturated rings. The predicted octanol–water partition coefficient (Wildman–Crippen LogP) is 3.99. The van der Waals surface area contributed by atoms with Gasteiger partial charge in [0.1, 0.15) is 12.4 Å². The molecule has 23 heavy (non-hydrogen) atoms. The first-order valence-corrected chi connectivity index (χ1v) is 7.92. The zero-order valence-corrected chi connectivity index (χ0v) is 13.0. The summed E-state index contributed by atoms with van der Waals surface area (Å²) in [5.74, 6) is 1.38.